The second kappa shape index (κ2) is 4.10. The fourth-order valence-electron chi connectivity index (χ4n) is 1.44. The molecule has 1 fully saturated rings. The van der Waals surface area contributed by atoms with E-state index in [1.54, 1.807) is 0 Å². The highest BCUT2D eigenvalue weighted by molar-refractivity contribution is 5.10. The van der Waals surface area contributed by atoms with Crippen molar-refractivity contribution >= 4 is 0 Å². The smallest absolute Gasteiger partial charge is 0.381 e. The van der Waals surface area contributed by atoms with Gasteiger partial charge in [-0.25, -0.2) is 8.78 Å². The number of hydrogen-bond acceptors (Lipinski definition) is 3. The van der Waals surface area contributed by atoms with E-state index in [0.717, 1.165) is 0 Å². The van der Waals surface area contributed by atoms with Crippen molar-refractivity contribution in [3.8, 4) is 0 Å². The molecule has 0 aromatic carbocycles. The largest absolute Gasteiger partial charge is 0.449 e. The third-order valence-corrected chi connectivity index (χ3v) is 2.48. The van der Waals surface area contributed by atoms with E-state index in [1.807, 2.05) is 0 Å². The van der Waals surface area contributed by atoms with Crippen molar-refractivity contribution in [1.82, 2.24) is 0 Å². The topological polar surface area (TPSA) is 49.7 Å². The third kappa shape index (κ3) is 2.11. The maximum Gasteiger partial charge on any atom is 0.449 e. The van der Waals surface area contributed by atoms with Gasteiger partial charge >= 0.3 is 30.0 Å². The minimum Gasteiger partial charge on any atom is -0.381 e. The first-order valence-electron chi connectivity index (χ1n) is 4.47. The molecule has 1 saturated heterocycles. The van der Waals surface area contributed by atoms with Crippen molar-refractivity contribution in [1.29, 1.82) is 0 Å². The Balaban J connectivity index is 3.46. The highest BCUT2D eigenvalue weighted by Crippen LogP contribution is 2.56. The van der Waals surface area contributed by atoms with Crippen LogP contribution < -0.4 is 0 Å². The average molecular weight is 326 g/mol. The molecule has 0 saturated carbocycles. The van der Waals surface area contributed by atoms with E-state index in [9.17, 15) is 43.9 Å². The van der Waals surface area contributed by atoms with Crippen LogP contribution in [0.4, 0.5) is 43.9 Å². The summed E-state index contributed by atoms with van der Waals surface area (Å²) in [4.78, 5) is 0. The van der Waals surface area contributed by atoms with Crippen LogP contribution in [0.25, 0.3) is 0 Å². The molecule has 1 aliphatic rings. The first kappa shape index (κ1) is 17.2. The van der Waals surface area contributed by atoms with Crippen LogP contribution >= 0.6 is 0 Å². The second-order valence-corrected chi connectivity index (χ2v) is 3.88. The van der Waals surface area contributed by atoms with Crippen molar-refractivity contribution in [2.75, 3.05) is 0 Å². The minimum atomic E-state index is -6.57. The normalized spacial score (nSPS) is 37.8. The van der Waals surface area contributed by atoms with Crippen LogP contribution in [0.2, 0.25) is 0 Å². The number of alkyl halides is 10. The molecule has 1 aliphatic heterocycles. The molecule has 3 unspecified atom stereocenters. The van der Waals surface area contributed by atoms with Gasteiger partial charge in [-0.2, -0.15) is 35.1 Å². The number of aliphatic hydroxyl groups is 2. The Labute approximate surface area is 102 Å². The number of aliphatic hydroxyl groups excluding tert-OH is 1. The summed E-state index contributed by atoms with van der Waals surface area (Å²) in [6, 6.07) is 0. The van der Waals surface area contributed by atoms with Crippen LogP contribution in [-0.4, -0.2) is 52.4 Å². The maximum atomic E-state index is 13.0. The zero-order chi connectivity index (χ0) is 16.4. The molecule has 13 heteroatoms. The fraction of sp³-hybridized carbons (Fsp3) is 1.00. The molecule has 1 heterocycles. The Morgan fingerprint density at radius 2 is 1.30 bits per heavy atom. The summed E-state index contributed by atoms with van der Waals surface area (Å²) in [5.41, 5.74) is 0. The van der Waals surface area contributed by atoms with Crippen LogP contribution in [0.15, 0.2) is 0 Å². The number of hydrogen-bond donors (Lipinski definition) is 2. The number of rotatable bonds is 0. The zero-order valence-electron chi connectivity index (χ0n) is 8.74. The molecule has 0 amide bonds. The summed E-state index contributed by atoms with van der Waals surface area (Å²) in [5.74, 6) is -17.9. The fourth-order valence-corrected chi connectivity index (χ4v) is 1.44. The monoisotopic (exact) mass is 326 g/mol. The van der Waals surface area contributed by atoms with Crippen LogP contribution in [0, 0.1) is 0 Å². The lowest BCUT2D eigenvalue weighted by Gasteiger charge is -2.48. The highest BCUT2D eigenvalue weighted by Gasteiger charge is 2.85. The second-order valence-electron chi connectivity index (χ2n) is 3.88. The van der Waals surface area contributed by atoms with Gasteiger partial charge in [-0.05, 0) is 0 Å². The van der Waals surface area contributed by atoms with E-state index in [0.29, 0.717) is 0 Å². The lowest BCUT2D eigenvalue weighted by atomic mass is 9.89. The summed E-state index contributed by atoms with van der Waals surface area (Å²) in [6.07, 6.45) is -22.4. The molecule has 0 spiro atoms. The number of halogens is 10. The summed E-state index contributed by atoms with van der Waals surface area (Å²) in [5, 5.41) is 17.0. The Morgan fingerprint density at radius 3 is 1.60 bits per heavy atom. The summed E-state index contributed by atoms with van der Waals surface area (Å²) in [6.45, 7) is 0. The van der Waals surface area contributed by atoms with Gasteiger partial charge in [-0.15, -0.1) is 0 Å². The van der Waals surface area contributed by atoms with E-state index in [2.05, 4.69) is 4.74 Å². The molecular weight excluding hydrogens is 322 g/mol. The van der Waals surface area contributed by atoms with E-state index in [4.69, 9.17) is 10.2 Å². The van der Waals surface area contributed by atoms with Gasteiger partial charge in [-0.1, -0.05) is 0 Å². The van der Waals surface area contributed by atoms with Gasteiger partial charge < -0.3 is 14.9 Å². The van der Waals surface area contributed by atoms with E-state index in [-0.39, 0.29) is 0 Å². The first-order valence-corrected chi connectivity index (χ1v) is 4.47. The van der Waals surface area contributed by atoms with Crippen LogP contribution in [0.1, 0.15) is 0 Å². The van der Waals surface area contributed by atoms with Gasteiger partial charge in [-0.3, -0.25) is 0 Å². The Morgan fingerprint density at radius 1 is 0.900 bits per heavy atom. The molecule has 0 aliphatic carbocycles. The molecule has 20 heavy (non-hydrogen) atoms. The van der Waals surface area contributed by atoms with Crippen molar-refractivity contribution in [2.24, 2.45) is 0 Å². The predicted molar refractivity (Wildman–Crippen MR) is 37.8 cm³/mol. The van der Waals surface area contributed by atoms with Crippen LogP contribution in [0.5, 0.6) is 0 Å². The summed E-state index contributed by atoms with van der Waals surface area (Å²) >= 11 is 0. The molecule has 2 N–H and O–H groups in total. The van der Waals surface area contributed by atoms with Gasteiger partial charge in [0, 0.05) is 0 Å². The zero-order valence-corrected chi connectivity index (χ0v) is 8.74. The molecule has 3 nitrogen and oxygen atoms in total. The lowest BCUT2D eigenvalue weighted by Crippen LogP contribution is -2.77. The first-order chi connectivity index (χ1) is 8.49. The molecular formula is C7H4F10O3. The van der Waals surface area contributed by atoms with Crippen molar-refractivity contribution in [3.63, 3.8) is 0 Å². The van der Waals surface area contributed by atoms with E-state index < -0.39 is 42.2 Å². The predicted octanol–water partition coefficient (Wildman–Crippen LogP) is 1.83. The van der Waals surface area contributed by atoms with Gasteiger partial charge in [0.05, 0.1) is 0 Å². The van der Waals surface area contributed by atoms with Crippen LogP contribution in [-0.2, 0) is 4.74 Å². The molecule has 0 bridgehead atoms. The SMILES string of the molecule is OC1C(F)(F)C(C(F)(F)F)OC(O)(C(F)(F)F)C1(F)F. The Kier molecular flexibility index (Phi) is 3.53. The van der Waals surface area contributed by atoms with Gasteiger partial charge in [0.15, 0.2) is 6.10 Å². The third-order valence-electron chi connectivity index (χ3n) is 2.48. The maximum absolute atomic E-state index is 13.0. The molecule has 0 aromatic rings. The molecule has 0 radical (unpaired) electrons. The Bertz CT molecular complexity index is 387. The van der Waals surface area contributed by atoms with Crippen molar-refractivity contribution < 1.29 is 58.9 Å². The standard InChI is InChI=1S/C7H4F10O3/c8-3(9)1(18)4(10,11)6(19,7(15,16)17)20-2(3)5(12,13)14/h1-2,18-19H. The minimum absolute atomic E-state index is 2.55. The van der Waals surface area contributed by atoms with Crippen LogP contribution in [0.3, 0.4) is 0 Å². The quantitative estimate of drug-likeness (QED) is 0.668. The number of ether oxygens (including phenoxy) is 1. The van der Waals surface area contributed by atoms with E-state index in [1.165, 1.54) is 0 Å². The van der Waals surface area contributed by atoms with E-state index >= 15 is 0 Å². The average Bonchev–Trinajstić information content (AvgIpc) is 2.18. The lowest BCUT2D eigenvalue weighted by molar-refractivity contribution is -0.514. The van der Waals surface area contributed by atoms with Crippen molar-refractivity contribution in [3.05, 3.63) is 0 Å². The summed E-state index contributed by atoms with van der Waals surface area (Å²) in [7, 11) is 0. The molecule has 120 valence electrons. The summed E-state index contributed by atoms with van der Waals surface area (Å²) < 4.78 is 128. The molecule has 3 atom stereocenters. The van der Waals surface area contributed by atoms with Gasteiger partial charge in [0.25, 0.3) is 0 Å². The highest BCUT2D eigenvalue weighted by atomic mass is 19.4. The van der Waals surface area contributed by atoms with Gasteiger partial charge in [0.1, 0.15) is 0 Å². The van der Waals surface area contributed by atoms with Crippen molar-refractivity contribution in [2.45, 2.75) is 42.2 Å². The Hall–Kier alpha value is -0.820. The van der Waals surface area contributed by atoms with Gasteiger partial charge in [0.2, 0.25) is 6.10 Å². The molecule has 1 rings (SSSR count). The molecule has 0 aromatic heterocycles.